The number of hydrogen-bond acceptors (Lipinski definition) is 4. The number of rotatable bonds is 10. The summed E-state index contributed by atoms with van der Waals surface area (Å²) in [6, 6.07) is 11.3. The van der Waals surface area contributed by atoms with E-state index in [4.69, 9.17) is 9.84 Å². The van der Waals surface area contributed by atoms with Crippen molar-refractivity contribution in [2.45, 2.75) is 56.6 Å². The van der Waals surface area contributed by atoms with Crippen LogP contribution in [0.15, 0.2) is 58.1 Å². The van der Waals surface area contributed by atoms with Crippen molar-refractivity contribution in [3.8, 4) is 0 Å². The molecule has 0 N–H and O–H groups in total. The van der Waals surface area contributed by atoms with Gasteiger partial charge in [-0.05, 0) is 0 Å². The molecule has 1 saturated heterocycles. The quantitative estimate of drug-likeness (QED) is 0.367. The van der Waals surface area contributed by atoms with Crippen molar-refractivity contribution in [2.24, 2.45) is 11.0 Å². The summed E-state index contributed by atoms with van der Waals surface area (Å²) in [5, 5.41) is 8.70. The molecule has 1 aliphatic carbocycles. The van der Waals surface area contributed by atoms with E-state index in [0.717, 1.165) is 19.6 Å². The van der Waals surface area contributed by atoms with Crippen LogP contribution in [0.5, 0.6) is 0 Å². The molecular weight excluding hydrogens is 443 g/mol. The fraction of sp³-hybridized carbons (Fsp3) is 0.542. The molecule has 3 nitrogen and oxygen atoms in total. The molecule has 1 aliphatic heterocycles. The Morgan fingerprint density at radius 1 is 1.31 bits per heavy atom. The minimum atomic E-state index is 0.327. The second-order valence-corrected chi connectivity index (χ2v) is 12.1. The van der Waals surface area contributed by atoms with Crippen LogP contribution < -0.4 is 4.46 Å². The predicted molar refractivity (Wildman–Crippen MR) is 128 cm³/mol. The molecule has 158 valence electrons. The third-order valence-electron chi connectivity index (χ3n) is 5.25. The van der Waals surface area contributed by atoms with E-state index < -0.39 is 0 Å². The van der Waals surface area contributed by atoms with Crippen LogP contribution in [0.4, 0.5) is 0 Å². The number of thioether (sulfide) groups is 1. The summed E-state index contributed by atoms with van der Waals surface area (Å²) in [5.74, 6) is 0.329. The molecule has 3 atom stereocenters. The maximum absolute atomic E-state index is 5.48. The zero-order valence-corrected chi connectivity index (χ0v) is 20.6. The topological polar surface area (TPSA) is 24.8 Å². The van der Waals surface area contributed by atoms with E-state index in [1.807, 2.05) is 0 Å². The van der Waals surface area contributed by atoms with Gasteiger partial charge in [0.25, 0.3) is 0 Å². The van der Waals surface area contributed by atoms with Gasteiger partial charge >= 0.3 is 188 Å². The summed E-state index contributed by atoms with van der Waals surface area (Å²) in [6.45, 7) is 8.70. The van der Waals surface area contributed by atoms with Crippen molar-refractivity contribution in [3.63, 3.8) is 0 Å². The fourth-order valence-corrected chi connectivity index (χ4v) is 7.28. The van der Waals surface area contributed by atoms with Crippen molar-refractivity contribution in [2.75, 3.05) is 20.3 Å². The number of benzene rings is 1. The van der Waals surface area contributed by atoms with Crippen LogP contribution >= 0.6 is 11.8 Å². The Hall–Kier alpha value is -1.00. The molecule has 1 fully saturated rings. The summed E-state index contributed by atoms with van der Waals surface area (Å²) < 4.78 is 8.43. The number of hydrogen-bond donors (Lipinski definition) is 0. The average molecular weight is 478 g/mol. The van der Waals surface area contributed by atoms with Gasteiger partial charge in [0.2, 0.25) is 0 Å². The number of allylic oxidation sites excluding steroid dienone is 4. The van der Waals surface area contributed by atoms with E-state index in [1.54, 1.807) is 7.11 Å². The van der Waals surface area contributed by atoms with Crippen LogP contribution in [0.2, 0.25) is 0 Å². The van der Waals surface area contributed by atoms with Gasteiger partial charge in [0, 0.05) is 0 Å². The summed E-state index contributed by atoms with van der Waals surface area (Å²) >= 11 is 2.39. The Kier molecular flexibility index (Phi) is 8.92. The summed E-state index contributed by atoms with van der Waals surface area (Å²) in [7, 11) is 1.80. The van der Waals surface area contributed by atoms with E-state index in [9.17, 15) is 0 Å². The van der Waals surface area contributed by atoms with Gasteiger partial charge < -0.3 is 0 Å². The third kappa shape index (κ3) is 6.24. The van der Waals surface area contributed by atoms with Gasteiger partial charge in [-0.1, -0.05) is 0 Å². The molecule has 29 heavy (non-hydrogen) atoms. The number of methoxy groups -OCH3 is 1. The summed E-state index contributed by atoms with van der Waals surface area (Å²) in [6.07, 6.45) is 10.4. The number of nitrogens with zero attached hydrogens (tertiary/aromatic N) is 2. The molecule has 2 aliphatic rings. The van der Waals surface area contributed by atoms with Crippen LogP contribution in [0.3, 0.4) is 0 Å². The molecule has 0 radical (unpaired) electrons. The second-order valence-electron chi connectivity index (χ2n) is 7.87. The first-order valence-electron chi connectivity index (χ1n) is 10.7. The molecule has 1 aromatic carbocycles. The van der Waals surface area contributed by atoms with Gasteiger partial charge in [-0.15, -0.1) is 0 Å². The first-order valence-corrected chi connectivity index (χ1v) is 13.4. The fourth-order valence-electron chi connectivity index (χ4n) is 3.92. The van der Waals surface area contributed by atoms with E-state index in [2.05, 4.69) is 86.1 Å². The van der Waals surface area contributed by atoms with Crippen LogP contribution in [0, 0.1) is 5.92 Å². The van der Waals surface area contributed by atoms with Crippen LogP contribution in [-0.2, 0) is 4.74 Å². The van der Waals surface area contributed by atoms with Gasteiger partial charge in [0.05, 0.1) is 0 Å². The van der Waals surface area contributed by atoms with Crippen molar-refractivity contribution in [3.05, 3.63) is 53.0 Å². The zero-order chi connectivity index (χ0) is 20.6. The standard InChI is InChI=1S/C24H34N2OSSe/c1-5-22(28-18(2)3)24(25-26-16-10-11-19(26)17-27-4)21-14-9-15-23(21)29-20-12-7-6-8-13-20/h6-9,12-15,18-19,21-22H,5,10-11,16-17H2,1-4H3/b25-24+/t19-,21?,22+/m0/s1. The van der Waals surface area contributed by atoms with E-state index in [-0.39, 0.29) is 0 Å². The van der Waals surface area contributed by atoms with Gasteiger partial charge in [0.15, 0.2) is 0 Å². The molecule has 3 rings (SSSR count). The molecule has 0 bridgehead atoms. The Labute approximate surface area is 187 Å². The zero-order valence-electron chi connectivity index (χ0n) is 18.1. The molecule has 1 aromatic rings. The molecule has 1 heterocycles. The summed E-state index contributed by atoms with van der Waals surface area (Å²) in [4.78, 5) is 0. The van der Waals surface area contributed by atoms with Gasteiger partial charge in [-0.2, -0.15) is 0 Å². The third-order valence-corrected chi connectivity index (χ3v) is 9.08. The minimum absolute atomic E-state index is 0.327. The van der Waals surface area contributed by atoms with Crippen LogP contribution in [0.1, 0.15) is 40.0 Å². The molecular formula is C24H34N2OSSe. The predicted octanol–water partition coefficient (Wildman–Crippen LogP) is 4.47. The van der Waals surface area contributed by atoms with Crippen LogP contribution in [-0.4, -0.2) is 62.5 Å². The van der Waals surface area contributed by atoms with Gasteiger partial charge in [0.1, 0.15) is 0 Å². The molecule has 5 heteroatoms. The van der Waals surface area contributed by atoms with Gasteiger partial charge in [-0.25, -0.2) is 0 Å². The second kappa shape index (κ2) is 11.4. The summed E-state index contributed by atoms with van der Waals surface area (Å²) in [5.41, 5.74) is 1.34. The van der Waals surface area contributed by atoms with E-state index in [0.29, 0.717) is 37.4 Å². The van der Waals surface area contributed by atoms with Crippen molar-refractivity contribution in [1.29, 1.82) is 0 Å². The van der Waals surface area contributed by atoms with E-state index >= 15 is 0 Å². The first kappa shape index (κ1) is 22.7. The molecule has 0 saturated carbocycles. The van der Waals surface area contributed by atoms with Gasteiger partial charge in [-0.3, -0.25) is 0 Å². The first-order chi connectivity index (χ1) is 14.1. The number of ether oxygens (including phenoxy) is 1. The maximum atomic E-state index is 5.48. The molecule has 0 spiro atoms. The molecule has 1 unspecified atom stereocenters. The Morgan fingerprint density at radius 3 is 2.79 bits per heavy atom. The van der Waals surface area contributed by atoms with Crippen molar-refractivity contribution >= 4 is 36.9 Å². The van der Waals surface area contributed by atoms with E-state index in [1.165, 1.54) is 27.5 Å². The average Bonchev–Trinajstić information content (AvgIpc) is 3.35. The normalized spacial score (nSPS) is 23.1. The Morgan fingerprint density at radius 2 is 2.10 bits per heavy atom. The monoisotopic (exact) mass is 478 g/mol. The molecule has 0 amide bonds. The number of hydrazone groups is 1. The molecule has 0 aromatic heterocycles. The SMILES string of the molecule is CC[C@@H](SC(C)C)/C(=N/N1CCC[C@H]1COC)C1C=CC=C1[Se]c1ccccc1. The van der Waals surface area contributed by atoms with Crippen molar-refractivity contribution in [1.82, 2.24) is 5.01 Å². The van der Waals surface area contributed by atoms with Crippen LogP contribution in [0.25, 0.3) is 0 Å². The Balaban J connectivity index is 1.88. The van der Waals surface area contributed by atoms with Crippen molar-refractivity contribution < 1.29 is 4.74 Å². The Bertz CT molecular complexity index is 732.